The first kappa shape index (κ1) is 12.8. The second-order valence-corrected chi connectivity index (χ2v) is 4.96. The minimum absolute atomic E-state index is 0.470. The Morgan fingerprint density at radius 2 is 1.45 bits per heavy atom. The molecule has 0 N–H and O–H groups in total. The van der Waals surface area contributed by atoms with Gasteiger partial charge in [-0.15, -0.1) is 0 Å². The van der Waals surface area contributed by atoms with E-state index < -0.39 is 0 Å². The highest BCUT2D eigenvalue weighted by Gasteiger charge is 2.05. The van der Waals surface area contributed by atoms with Crippen LogP contribution < -0.4 is 0 Å². The summed E-state index contributed by atoms with van der Waals surface area (Å²) in [5.41, 5.74) is 4.24. The summed E-state index contributed by atoms with van der Waals surface area (Å²) in [6.45, 7) is 1.84. The molecule has 1 aromatic heterocycles. The molecule has 98 valence electrons. The zero-order valence-electron chi connectivity index (χ0n) is 11.0. The molecule has 0 amide bonds. The first-order valence-electron chi connectivity index (χ1n) is 6.39. The van der Waals surface area contributed by atoms with Crippen molar-refractivity contribution in [1.29, 1.82) is 0 Å². The molecule has 0 saturated carbocycles. The van der Waals surface area contributed by atoms with Gasteiger partial charge in [0.15, 0.2) is 0 Å². The van der Waals surface area contributed by atoms with Crippen molar-refractivity contribution in [3.05, 3.63) is 71.6 Å². The lowest BCUT2D eigenvalue weighted by atomic mass is 10.0. The molecular weight excluding hydrogens is 268 g/mol. The molecule has 2 aromatic carbocycles. The largest absolute Gasteiger partial charge is 0.233 e. The monoisotopic (exact) mass is 280 g/mol. The first-order chi connectivity index (χ1) is 9.72. The van der Waals surface area contributed by atoms with Crippen LogP contribution in [0.4, 0.5) is 0 Å². The molecule has 3 heteroatoms. The zero-order chi connectivity index (χ0) is 13.9. The van der Waals surface area contributed by atoms with E-state index in [1.165, 1.54) is 5.56 Å². The van der Waals surface area contributed by atoms with E-state index >= 15 is 0 Å². The molecule has 2 nitrogen and oxygen atoms in total. The molecule has 0 fully saturated rings. The Labute approximate surface area is 123 Å². The molecule has 0 saturated heterocycles. The lowest BCUT2D eigenvalue weighted by molar-refractivity contribution is 1.06. The third kappa shape index (κ3) is 2.70. The summed E-state index contributed by atoms with van der Waals surface area (Å²) in [5.74, 6) is 0.678. The minimum atomic E-state index is 0.470. The van der Waals surface area contributed by atoms with E-state index in [0.717, 1.165) is 16.8 Å². The Balaban J connectivity index is 2.07. The quantitative estimate of drug-likeness (QED) is 0.632. The van der Waals surface area contributed by atoms with E-state index in [2.05, 4.69) is 34.2 Å². The molecule has 0 atom stereocenters. The first-order valence-corrected chi connectivity index (χ1v) is 6.77. The van der Waals surface area contributed by atoms with Crippen molar-refractivity contribution >= 4 is 11.6 Å². The Bertz CT molecular complexity index is 719. The average Bonchev–Trinajstić information content (AvgIpc) is 2.47. The van der Waals surface area contributed by atoms with Gasteiger partial charge < -0.3 is 0 Å². The summed E-state index contributed by atoms with van der Waals surface area (Å²) in [6, 6.07) is 20.3. The number of halogens is 1. The molecule has 0 aliphatic heterocycles. The van der Waals surface area contributed by atoms with Crippen molar-refractivity contribution in [3.8, 4) is 22.4 Å². The van der Waals surface area contributed by atoms with Crippen molar-refractivity contribution in [2.75, 3.05) is 0 Å². The highest BCUT2D eigenvalue weighted by atomic mass is 35.5. The van der Waals surface area contributed by atoms with E-state index in [0.29, 0.717) is 11.0 Å². The molecular formula is C17H13ClN2. The third-order valence-corrected chi connectivity index (χ3v) is 3.27. The summed E-state index contributed by atoms with van der Waals surface area (Å²) in [7, 11) is 0. The fourth-order valence-electron chi connectivity index (χ4n) is 2.17. The second kappa shape index (κ2) is 5.43. The molecule has 0 radical (unpaired) electrons. The van der Waals surface area contributed by atoms with Crippen molar-refractivity contribution < 1.29 is 0 Å². The van der Waals surface area contributed by atoms with Gasteiger partial charge in [0.05, 0.1) is 5.69 Å². The fraction of sp³-hybridized carbons (Fsp3) is 0.0588. The minimum Gasteiger partial charge on any atom is -0.233 e. The van der Waals surface area contributed by atoms with E-state index in [1.54, 1.807) is 6.07 Å². The molecule has 0 aliphatic carbocycles. The lowest BCUT2D eigenvalue weighted by Gasteiger charge is -2.06. The number of benzene rings is 2. The Morgan fingerprint density at radius 1 is 0.750 bits per heavy atom. The van der Waals surface area contributed by atoms with Crippen LogP contribution in [-0.2, 0) is 0 Å². The van der Waals surface area contributed by atoms with Gasteiger partial charge in [0.1, 0.15) is 11.0 Å². The van der Waals surface area contributed by atoms with Gasteiger partial charge in [-0.3, -0.25) is 0 Å². The van der Waals surface area contributed by atoms with Gasteiger partial charge in [0.25, 0.3) is 0 Å². The normalized spacial score (nSPS) is 10.5. The van der Waals surface area contributed by atoms with Crippen LogP contribution in [0.1, 0.15) is 5.82 Å². The fourth-order valence-corrected chi connectivity index (χ4v) is 2.39. The smallest absolute Gasteiger partial charge is 0.133 e. The molecule has 3 rings (SSSR count). The van der Waals surface area contributed by atoms with Crippen LogP contribution in [0.3, 0.4) is 0 Å². The molecule has 1 heterocycles. The summed E-state index contributed by atoms with van der Waals surface area (Å²) in [5, 5.41) is 0.470. The average molecular weight is 281 g/mol. The van der Waals surface area contributed by atoms with Crippen LogP contribution in [-0.4, -0.2) is 9.97 Å². The van der Waals surface area contributed by atoms with Gasteiger partial charge in [-0.1, -0.05) is 60.1 Å². The van der Waals surface area contributed by atoms with E-state index in [4.69, 9.17) is 11.6 Å². The van der Waals surface area contributed by atoms with Crippen LogP contribution in [0.15, 0.2) is 60.7 Å². The van der Waals surface area contributed by atoms with Crippen LogP contribution in [0, 0.1) is 6.92 Å². The van der Waals surface area contributed by atoms with E-state index in [9.17, 15) is 0 Å². The Morgan fingerprint density at radius 3 is 2.20 bits per heavy atom. The molecule has 0 unspecified atom stereocenters. The topological polar surface area (TPSA) is 25.8 Å². The summed E-state index contributed by atoms with van der Waals surface area (Å²) in [4.78, 5) is 8.54. The lowest BCUT2D eigenvalue weighted by Crippen LogP contribution is -1.91. The third-order valence-electron chi connectivity index (χ3n) is 3.07. The number of rotatable bonds is 2. The number of aryl methyl sites for hydroxylation is 1. The van der Waals surface area contributed by atoms with Gasteiger partial charge in [-0.25, -0.2) is 9.97 Å². The van der Waals surface area contributed by atoms with Crippen molar-refractivity contribution in [1.82, 2.24) is 9.97 Å². The van der Waals surface area contributed by atoms with Crippen LogP contribution in [0.2, 0.25) is 5.15 Å². The number of hydrogen-bond acceptors (Lipinski definition) is 2. The maximum absolute atomic E-state index is 6.01. The zero-order valence-corrected chi connectivity index (χ0v) is 11.8. The number of hydrogen-bond donors (Lipinski definition) is 0. The molecule has 0 bridgehead atoms. The van der Waals surface area contributed by atoms with Crippen LogP contribution in [0.5, 0.6) is 0 Å². The molecule has 0 aliphatic rings. The molecule has 0 spiro atoms. The van der Waals surface area contributed by atoms with Gasteiger partial charge in [-0.2, -0.15) is 0 Å². The van der Waals surface area contributed by atoms with E-state index in [-0.39, 0.29) is 0 Å². The highest BCUT2D eigenvalue weighted by molar-refractivity contribution is 6.29. The van der Waals surface area contributed by atoms with Gasteiger partial charge in [0, 0.05) is 11.6 Å². The van der Waals surface area contributed by atoms with Gasteiger partial charge in [-0.05, 0) is 24.1 Å². The maximum Gasteiger partial charge on any atom is 0.133 e. The van der Waals surface area contributed by atoms with E-state index in [1.807, 2.05) is 37.3 Å². The van der Waals surface area contributed by atoms with Crippen molar-refractivity contribution in [3.63, 3.8) is 0 Å². The van der Waals surface area contributed by atoms with Gasteiger partial charge in [0.2, 0.25) is 0 Å². The summed E-state index contributed by atoms with van der Waals surface area (Å²) < 4.78 is 0. The van der Waals surface area contributed by atoms with Crippen molar-refractivity contribution in [2.45, 2.75) is 6.92 Å². The summed E-state index contributed by atoms with van der Waals surface area (Å²) in [6.07, 6.45) is 0. The highest BCUT2D eigenvalue weighted by Crippen LogP contribution is 2.26. The second-order valence-electron chi connectivity index (χ2n) is 4.57. The standard InChI is InChI=1S/C17H13ClN2/c1-12-19-16(11-17(18)20-12)15-9-5-8-14(10-15)13-6-3-2-4-7-13/h2-11H,1H3. The Hall–Kier alpha value is -2.19. The van der Waals surface area contributed by atoms with Crippen LogP contribution >= 0.6 is 11.6 Å². The van der Waals surface area contributed by atoms with Gasteiger partial charge >= 0.3 is 0 Å². The van der Waals surface area contributed by atoms with Crippen LogP contribution in [0.25, 0.3) is 22.4 Å². The summed E-state index contributed by atoms with van der Waals surface area (Å²) >= 11 is 6.01. The number of nitrogens with zero attached hydrogens (tertiary/aromatic N) is 2. The predicted octanol–water partition coefficient (Wildman–Crippen LogP) is 4.77. The SMILES string of the molecule is Cc1nc(Cl)cc(-c2cccc(-c3ccccc3)c2)n1. The maximum atomic E-state index is 6.01. The Kier molecular flexibility index (Phi) is 3.48. The molecule has 20 heavy (non-hydrogen) atoms. The number of aromatic nitrogens is 2. The van der Waals surface area contributed by atoms with Crippen molar-refractivity contribution in [2.24, 2.45) is 0 Å². The molecule has 3 aromatic rings. The predicted molar refractivity (Wildman–Crippen MR) is 82.7 cm³/mol.